The zero-order valence-electron chi connectivity index (χ0n) is 16.0. The first kappa shape index (κ1) is 21.3. The summed E-state index contributed by atoms with van der Waals surface area (Å²) in [6.45, 7) is 5.38. The van der Waals surface area contributed by atoms with Crippen molar-refractivity contribution >= 4 is 27.7 Å². The van der Waals surface area contributed by atoms with Gasteiger partial charge >= 0.3 is 0 Å². The van der Waals surface area contributed by atoms with Crippen LogP contribution in [-0.4, -0.2) is 44.6 Å². The first-order chi connectivity index (χ1) is 12.4. The third-order valence-electron chi connectivity index (χ3n) is 4.68. The van der Waals surface area contributed by atoms with Crippen LogP contribution in [0.4, 0.5) is 0 Å². The molecule has 1 heterocycles. The second kappa shape index (κ2) is 9.76. The van der Waals surface area contributed by atoms with E-state index in [0.717, 1.165) is 56.5 Å². The second-order valence-electron chi connectivity index (χ2n) is 6.88. The van der Waals surface area contributed by atoms with Crippen LogP contribution in [0.3, 0.4) is 0 Å². The number of likely N-dealkylation sites (tertiary alicyclic amines) is 1. The molecular formula is C19H30N2O3S2. The molecule has 7 heteroatoms. The van der Waals surface area contributed by atoms with E-state index in [4.69, 9.17) is 0 Å². The molecule has 0 saturated carbocycles. The lowest BCUT2D eigenvalue weighted by atomic mass is 10.2. The van der Waals surface area contributed by atoms with Crippen molar-refractivity contribution < 1.29 is 13.2 Å². The molecule has 1 saturated heterocycles. The van der Waals surface area contributed by atoms with Gasteiger partial charge in [0.15, 0.2) is 0 Å². The molecule has 1 N–H and O–H groups in total. The van der Waals surface area contributed by atoms with E-state index in [9.17, 15) is 13.2 Å². The summed E-state index contributed by atoms with van der Waals surface area (Å²) in [5.41, 5.74) is 0.491. The number of carbonyl (C=O) groups is 1. The van der Waals surface area contributed by atoms with Gasteiger partial charge < -0.3 is 4.90 Å². The molecule has 5 nitrogen and oxygen atoms in total. The largest absolute Gasteiger partial charge is 0.339 e. The zero-order valence-corrected chi connectivity index (χ0v) is 17.6. The lowest BCUT2D eigenvalue weighted by Gasteiger charge is -2.22. The normalized spacial score (nSPS) is 17.0. The van der Waals surface area contributed by atoms with Crippen molar-refractivity contribution in [2.75, 3.05) is 19.3 Å². The van der Waals surface area contributed by atoms with Gasteiger partial charge in [0.25, 0.3) is 5.91 Å². The molecule has 1 fully saturated rings. The van der Waals surface area contributed by atoms with E-state index >= 15 is 0 Å². The maximum atomic E-state index is 13.0. The van der Waals surface area contributed by atoms with E-state index < -0.39 is 10.0 Å². The minimum absolute atomic E-state index is 0.0603. The van der Waals surface area contributed by atoms with E-state index in [2.05, 4.69) is 4.72 Å². The predicted molar refractivity (Wildman–Crippen MR) is 107 cm³/mol. The number of nitrogens with one attached hydrogen (secondary N) is 1. The molecule has 1 amide bonds. The maximum absolute atomic E-state index is 13.0. The van der Waals surface area contributed by atoms with Gasteiger partial charge in [-0.25, -0.2) is 13.1 Å². The highest BCUT2D eigenvalue weighted by atomic mass is 32.2. The van der Waals surface area contributed by atoms with Gasteiger partial charge in [0.05, 0.1) is 10.5 Å². The van der Waals surface area contributed by atoms with Crippen molar-refractivity contribution in [3.8, 4) is 0 Å². The molecule has 1 aliphatic rings. The van der Waals surface area contributed by atoms with E-state index in [1.54, 1.807) is 18.2 Å². The van der Waals surface area contributed by atoms with Crippen LogP contribution in [0.25, 0.3) is 0 Å². The van der Waals surface area contributed by atoms with Gasteiger partial charge in [-0.2, -0.15) is 0 Å². The van der Waals surface area contributed by atoms with Crippen molar-refractivity contribution in [3.63, 3.8) is 0 Å². The molecule has 26 heavy (non-hydrogen) atoms. The zero-order chi connectivity index (χ0) is 19.2. The van der Waals surface area contributed by atoms with Gasteiger partial charge in [0.2, 0.25) is 10.0 Å². The smallest absolute Gasteiger partial charge is 0.255 e. The Morgan fingerprint density at radius 1 is 1.23 bits per heavy atom. The molecule has 146 valence electrons. The first-order valence-corrected chi connectivity index (χ1v) is 12.1. The fraction of sp³-hybridized carbons (Fsp3) is 0.632. The number of benzene rings is 1. The summed E-state index contributed by atoms with van der Waals surface area (Å²) in [6.07, 6.45) is 7.91. The van der Waals surface area contributed by atoms with Gasteiger partial charge in [-0.05, 0) is 50.6 Å². The summed E-state index contributed by atoms with van der Waals surface area (Å²) >= 11 is 1.47. The van der Waals surface area contributed by atoms with Gasteiger partial charge in [-0.15, -0.1) is 11.8 Å². The highest BCUT2D eigenvalue weighted by Gasteiger charge is 2.24. The number of hydrogen-bond acceptors (Lipinski definition) is 4. The Morgan fingerprint density at radius 3 is 2.46 bits per heavy atom. The van der Waals surface area contributed by atoms with E-state index in [-0.39, 0.29) is 16.8 Å². The van der Waals surface area contributed by atoms with E-state index in [0.29, 0.717) is 5.56 Å². The van der Waals surface area contributed by atoms with Crippen LogP contribution in [-0.2, 0) is 10.0 Å². The fourth-order valence-corrected chi connectivity index (χ4v) is 5.16. The Balaban J connectivity index is 2.31. The highest BCUT2D eigenvalue weighted by molar-refractivity contribution is 7.98. The van der Waals surface area contributed by atoms with Gasteiger partial charge in [-0.3, -0.25) is 4.79 Å². The molecule has 1 aromatic rings. The molecule has 0 radical (unpaired) electrons. The second-order valence-corrected chi connectivity index (χ2v) is 9.44. The van der Waals surface area contributed by atoms with Crippen LogP contribution in [0.5, 0.6) is 0 Å². The molecule has 1 aromatic carbocycles. The number of sulfonamides is 1. The van der Waals surface area contributed by atoms with Crippen molar-refractivity contribution in [1.29, 1.82) is 0 Å². The van der Waals surface area contributed by atoms with Crippen molar-refractivity contribution in [3.05, 3.63) is 23.8 Å². The molecule has 0 aliphatic carbocycles. The number of nitrogens with zero attached hydrogens (tertiary/aromatic N) is 1. The maximum Gasteiger partial charge on any atom is 0.255 e. The molecule has 0 bridgehead atoms. The quantitative estimate of drug-likeness (QED) is 0.708. The molecule has 1 aliphatic heterocycles. The Kier molecular flexibility index (Phi) is 7.98. The predicted octanol–water partition coefficient (Wildman–Crippen LogP) is 3.89. The summed E-state index contributed by atoms with van der Waals surface area (Å²) < 4.78 is 28.1. The van der Waals surface area contributed by atoms with Crippen LogP contribution < -0.4 is 4.72 Å². The molecule has 1 atom stereocenters. The van der Waals surface area contributed by atoms with E-state index in [1.165, 1.54) is 11.8 Å². The Bertz CT molecular complexity index is 711. The third-order valence-corrected chi connectivity index (χ3v) is 7.07. The standard InChI is InChI=1S/C19H30N2O3S2/c1-4-9-15(2)20-26(23,24)16-10-11-18(25-3)17(14-16)19(22)21-12-7-5-6-8-13-21/h10-11,14-15,20H,4-9,12-13H2,1-3H3/t15-/m0/s1. The summed E-state index contributed by atoms with van der Waals surface area (Å²) in [7, 11) is -3.63. The Labute approximate surface area is 162 Å². The first-order valence-electron chi connectivity index (χ1n) is 9.38. The summed E-state index contributed by atoms with van der Waals surface area (Å²) in [6, 6.07) is 4.75. The van der Waals surface area contributed by atoms with Crippen LogP contribution >= 0.6 is 11.8 Å². The number of amides is 1. The van der Waals surface area contributed by atoms with Crippen molar-refractivity contribution in [1.82, 2.24) is 9.62 Å². The monoisotopic (exact) mass is 398 g/mol. The number of carbonyl (C=O) groups excluding carboxylic acids is 1. The Morgan fingerprint density at radius 2 is 1.88 bits per heavy atom. The molecule has 0 aromatic heterocycles. The molecule has 2 rings (SSSR count). The molecule has 0 unspecified atom stereocenters. The number of hydrogen-bond donors (Lipinski definition) is 1. The van der Waals surface area contributed by atoms with E-state index in [1.807, 2.05) is 25.0 Å². The molecule has 0 spiro atoms. The highest BCUT2D eigenvalue weighted by Crippen LogP contribution is 2.26. The fourth-order valence-electron chi connectivity index (χ4n) is 3.29. The average Bonchev–Trinajstić information content (AvgIpc) is 2.89. The van der Waals surface area contributed by atoms with Gasteiger partial charge in [0.1, 0.15) is 0 Å². The van der Waals surface area contributed by atoms with Crippen LogP contribution in [0.2, 0.25) is 0 Å². The minimum Gasteiger partial charge on any atom is -0.339 e. The van der Waals surface area contributed by atoms with Gasteiger partial charge in [-0.1, -0.05) is 26.2 Å². The van der Waals surface area contributed by atoms with Crippen LogP contribution in [0, 0.1) is 0 Å². The lowest BCUT2D eigenvalue weighted by Crippen LogP contribution is -2.34. The minimum atomic E-state index is -3.63. The number of thioether (sulfide) groups is 1. The van der Waals surface area contributed by atoms with Crippen LogP contribution in [0.15, 0.2) is 28.0 Å². The average molecular weight is 399 g/mol. The lowest BCUT2D eigenvalue weighted by molar-refractivity contribution is 0.0758. The Hall–Kier alpha value is -1.05. The summed E-state index contributed by atoms with van der Waals surface area (Å²) in [5.74, 6) is -0.0603. The number of rotatable bonds is 7. The summed E-state index contributed by atoms with van der Waals surface area (Å²) in [4.78, 5) is 15.9. The van der Waals surface area contributed by atoms with Crippen LogP contribution in [0.1, 0.15) is 62.7 Å². The SMILES string of the molecule is CCC[C@H](C)NS(=O)(=O)c1ccc(SC)c(C(=O)N2CCCCCC2)c1. The summed E-state index contributed by atoms with van der Waals surface area (Å²) in [5, 5.41) is 0. The third kappa shape index (κ3) is 5.47. The van der Waals surface area contributed by atoms with Crippen molar-refractivity contribution in [2.24, 2.45) is 0 Å². The molecular weight excluding hydrogens is 368 g/mol. The topological polar surface area (TPSA) is 66.5 Å². The van der Waals surface area contributed by atoms with Gasteiger partial charge in [0, 0.05) is 24.0 Å². The van der Waals surface area contributed by atoms with Crippen molar-refractivity contribution in [2.45, 2.75) is 68.2 Å².